The van der Waals surface area contributed by atoms with Crippen molar-refractivity contribution in [3.8, 4) is 0 Å². The number of primary amides is 1. The third-order valence-corrected chi connectivity index (χ3v) is 2.56. The van der Waals surface area contributed by atoms with Crippen LogP contribution in [0.4, 0.5) is 4.79 Å². The Morgan fingerprint density at radius 3 is 2.71 bits per heavy atom. The van der Waals surface area contributed by atoms with Crippen LogP contribution in [-0.2, 0) is 0 Å². The van der Waals surface area contributed by atoms with E-state index in [1.807, 2.05) is 0 Å². The third kappa shape index (κ3) is 3.93. The van der Waals surface area contributed by atoms with Crippen LogP contribution in [0, 0.1) is 0 Å². The van der Waals surface area contributed by atoms with Gasteiger partial charge in [-0.1, -0.05) is 12.8 Å². The second-order valence-corrected chi connectivity index (χ2v) is 3.70. The molecule has 5 heteroatoms. The Hall–Kier alpha value is -0.810. The molecule has 0 radical (unpaired) electrons. The van der Waals surface area contributed by atoms with E-state index < -0.39 is 6.03 Å². The summed E-state index contributed by atoms with van der Waals surface area (Å²) >= 11 is 0. The number of rotatable bonds is 4. The molecule has 0 aliphatic heterocycles. The van der Waals surface area contributed by atoms with Crippen molar-refractivity contribution in [3.05, 3.63) is 0 Å². The number of aliphatic hydroxyl groups excluding tert-OH is 1. The Morgan fingerprint density at radius 2 is 2.07 bits per heavy atom. The van der Waals surface area contributed by atoms with Crippen molar-refractivity contribution in [1.82, 2.24) is 10.6 Å². The summed E-state index contributed by atoms with van der Waals surface area (Å²) < 4.78 is 0. The minimum atomic E-state index is -0.504. The first-order valence-corrected chi connectivity index (χ1v) is 5.15. The summed E-state index contributed by atoms with van der Waals surface area (Å²) in [6.45, 7) is 1.17. The summed E-state index contributed by atoms with van der Waals surface area (Å²) in [5, 5.41) is 15.3. The molecule has 1 aliphatic rings. The Balaban J connectivity index is 2.07. The molecule has 5 nitrogen and oxygen atoms in total. The lowest BCUT2D eigenvalue weighted by Crippen LogP contribution is -2.45. The lowest BCUT2D eigenvalue weighted by Gasteiger charge is -2.28. The average Bonchev–Trinajstić information content (AvgIpc) is 2.15. The molecule has 0 spiro atoms. The standard InChI is InChI=1S/C9H19N3O2/c10-9(14)12-6-5-11-7-3-1-2-4-8(7)13/h7-8,11,13H,1-6H2,(H3,10,12,14)/t7-,8-/m0/s1. The van der Waals surface area contributed by atoms with Gasteiger partial charge in [-0.05, 0) is 12.8 Å². The fraction of sp³-hybridized carbons (Fsp3) is 0.889. The van der Waals surface area contributed by atoms with Crippen LogP contribution in [0.15, 0.2) is 0 Å². The SMILES string of the molecule is NC(=O)NCCN[C@H]1CCCC[C@@H]1O. The monoisotopic (exact) mass is 201 g/mol. The zero-order valence-electron chi connectivity index (χ0n) is 8.33. The van der Waals surface area contributed by atoms with Gasteiger partial charge in [-0.15, -0.1) is 0 Å². The van der Waals surface area contributed by atoms with Gasteiger partial charge in [0.15, 0.2) is 0 Å². The Bertz CT molecular complexity index is 187. The van der Waals surface area contributed by atoms with E-state index in [4.69, 9.17) is 5.73 Å². The minimum absolute atomic E-state index is 0.179. The van der Waals surface area contributed by atoms with Crippen LogP contribution in [-0.4, -0.2) is 36.4 Å². The average molecular weight is 201 g/mol. The van der Waals surface area contributed by atoms with E-state index >= 15 is 0 Å². The molecular weight excluding hydrogens is 182 g/mol. The molecule has 0 unspecified atom stereocenters. The van der Waals surface area contributed by atoms with E-state index in [0.29, 0.717) is 13.1 Å². The van der Waals surface area contributed by atoms with E-state index in [0.717, 1.165) is 25.7 Å². The number of carbonyl (C=O) groups is 1. The zero-order valence-corrected chi connectivity index (χ0v) is 8.33. The third-order valence-electron chi connectivity index (χ3n) is 2.56. The van der Waals surface area contributed by atoms with Gasteiger partial charge in [-0.25, -0.2) is 4.79 Å². The van der Waals surface area contributed by atoms with Crippen LogP contribution in [0.25, 0.3) is 0 Å². The quantitative estimate of drug-likeness (QED) is 0.464. The molecule has 0 aromatic heterocycles. The van der Waals surface area contributed by atoms with E-state index in [-0.39, 0.29) is 12.1 Å². The highest BCUT2D eigenvalue weighted by Gasteiger charge is 2.21. The second kappa shape index (κ2) is 5.82. The van der Waals surface area contributed by atoms with Crippen LogP contribution < -0.4 is 16.4 Å². The number of carbonyl (C=O) groups excluding carboxylic acids is 1. The minimum Gasteiger partial charge on any atom is -0.392 e. The number of nitrogens with two attached hydrogens (primary N) is 1. The van der Waals surface area contributed by atoms with E-state index in [2.05, 4.69) is 10.6 Å². The first kappa shape index (κ1) is 11.3. The molecule has 2 atom stereocenters. The van der Waals surface area contributed by atoms with Crippen molar-refractivity contribution < 1.29 is 9.90 Å². The molecule has 2 amide bonds. The summed E-state index contributed by atoms with van der Waals surface area (Å²) in [4.78, 5) is 10.3. The van der Waals surface area contributed by atoms with Crippen molar-refractivity contribution >= 4 is 6.03 Å². The Kier molecular flexibility index (Phi) is 4.69. The van der Waals surface area contributed by atoms with Crippen molar-refractivity contribution in [2.45, 2.75) is 37.8 Å². The molecule has 0 aromatic carbocycles. The molecule has 1 rings (SSSR count). The van der Waals surface area contributed by atoms with Gasteiger partial charge >= 0.3 is 6.03 Å². The fourth-order valence-electron chi connectivity index (χ4n) is 1.79. The normalized spacial score (nSPS) is 27.2. The Labute approximate surface area is 84.0 Å². The highest BCUT2D eigenvalue weighted by atomic mass is 16.3. The number of urea groups is 1. The second-order valence-electron chi connectivity index (χ2n) is 3.70. The number of aliphatic hydroxyl groups is 1. The van der Waals surface area contributed by atoms with Gasteiger partial charge in [0, 0.05) is 19.1 Å². The van der Waals surface area contributed by atoms with Gasteiger partial charge in [0.05, 0.1) is 6.10 Å². The molecule has 0 aromatic rings. The zero-order chi connectivity index (χ0) is 10.4. The van der Waals surface area contributed by atoms with E-state index in [1.54, 1.807) is 0 Å². The molecule has 1 fully saturated rings. The highest BCUT2D eigenvalue weighted by Crippen LogP contribution is 2.17. The number of hydrogen-bond donors (Lipinski definition) is 4. The van der Waals surface area contributed by atoms with Gasteiger partial charge in [-0.3, -0.25) is 0 Å². The molecule has 0 saturated heterocycles. The molecule has 0 bridgehead atoms. The maximum absolute atomic E-state index is 10.3. The van der Waals surface area contributed by atoms with Crippen LogP contribution in [0.1, 0.15) is 25.7 Å². The van der Waals surface area contributed by atoms with Gasteiger partial charge in [0.2, 0.25) is 0 Å². The maximum Gasteiger partial charge on any atom is 0.312 e. The number of amides is 2. The molecule has 1 aliphatic carbocycles. The molecule has 5 N–H and O–H groups in total. The molecule has 0 heterocycles. The summed E-state index contributed by atoms with van der Waals surface area (Å²) in [5.74, 6) is 0. The van der Waals surface area contributed by atoms with Gasteiger partial charge in [0.1, 0.15) is 0 Å². The van der Waals surface area contributed by atoms with E-state index in [9.17, 15) is 9.90 Å². The smallest absolute Gasteiger partial charge is 0.312 e. The van der Waals surface area contributed by atoms with Gasteiger partial charge in [-0.2, -0.15) is 0 Å². The molecule has 1 saturated carbocycles. The molecule has 82 valence electrons. The van der Waals surface area contributed by atoms with Gasteiger partial charge in [0.25, 0.3) is 0 Å². The topological polar surface area (TPSA) is 87.4 Å². The number of hydrogen-bond acceptors (Lipinski definition) is 3. The summed E-state index contributed by atoms with van der Waals surface area (Å²) in [7, 11) is 0. The maximum atomic E-state index is 10.3. The van der Waals surface area contributed by atoms with E-state index in [1.165, 1.54) is 0 Å². The van der Waals surface area contributed by atoms with Crippen molar-refractivity contribution in [1.29, 1.82) is 0 Å². The van der Waals surface area contributed by atoms with Crippen LogP contribution in [0.5, 0.6) is 0 Å². The predicted molar refractivity (Wildman–Crippen MR) is 53.9 cm³/mol. The van der Waals surface area contributed by atoms with Crippen LogP contribution in [0.3, 0.4) is 0 Å². The largest absolute Gasteiger partial charge is 0.392 e. The first-order chi connectivity index (χ1) is 6.70. The number of nitrogens with one attached hydrogen (secondary N) is 2. The van der Waals surface area contributed by atoms with Gasteiger partial charge < -0.3 is 21.5 Å². The lowest BCUT2D eigenvalue weighted by molar-refractivity contribution is 0.0914. The highest BCUT2D eigenvalue weighted by molar-refractivity contribution is 5.71. The lowest BCUT2D eigenvalue weighted by atomic mass is 9.93. The molecular formula is C9H19N3O2. The Morgan fingerprint density at radius 1 is 1.36 bits per heavy atom. The van der Waals surface area contributed by atoms with Crippen molar-refractivity contribution in [3.63, 3.8) is 0 Å². The first-order valence-electron chi connectivity index (χ1n) is 5.15. The van der Waals surface area contributed by atoms with Crippen molar-refractivity contribution in [2.75, 3.05) is 13.1 Å². The van der Waals surface area contributed by atoms with Crippen LogP contribution in [0.2, 0.25) is 0 Å². The summed E-state index contributed by atoms with van der Waals surface area (Å²) in [6, 6.07) is -0.325. The summed E-state index contributed by atoms with van der Waals surface area (Å²) in [5.41, 5.74) is 4.91. The molecule has 14 heavy (non-hydrogen) atoms. The fourth-order valence-corrected chi connectivity index (χ4v) is 1.79. The summed E-state index contributed by atoms with van der Waals surface area (Å²) in [6.07, 6.45) is 3.92. The van der Waals surface area contributed by atoms with Crippen LogP contribution >= 0.6 is 0 Å². The predicted octanol–water partition coefficient (Wildman–Crippen LogP) is -0.452. The van der Waals surface area contributed by atoms with Crippen molar-refractivity contribution in [2.24, 2.45) is 5.73 Å².